The van der Waals surface area contributed by atoms with Crippen LogP contribution < -0.4 is 14.2 Å². The molecule has 148 valence electrons. The normalized spacial score (nSPS) is 15.7. The van der Waals surface area contributed by atoms with Gasteiger partial charge in [-0.1, -0.05) is 11.6 Å². The molecule has 0 radical (unpaired) electrons. The van der Waals surface area contributed by atoms with E-state index in [0.717, 1.165) is 5.56 Å². The molecule has 0 unspecified atom stereocenters. The second-order valence-corrected chi connectivity index (χ2v) is 6.58. The number of aryl methyl sites for hydroxylation is 1. The third-order valence-corrected chi connectivity index (χ3v) is 4.43. The molecular formula is C20H21ClN2O5. The van der Waals surface area contributed by atoms with E-state index in [0.29, 0.717) is 33.7 Å². The van der Waals surface area contributed by atoms with Gasteiger partial charge in [0.15, 0.2) is 18.1 Å². The Kier molecular flexibility index (Phi) is 5.94. The van der Waals surface area contributed by atoms with Gasteiger partial charge in [-0.15, -0.1) is 5.10 Å². The van der Waals surface area contributed by atoms with Crippen LogP contribution in [0, 0.1) is 6.92 Å². The maximum absolute atomic E-state index is 12.0. The number of amides is 1. The number of rotatable bonds is 6. The minimum atomic E-state index is -0.706. The van der Waals surface area contributed by atoms with Crippen LogP contribution in [0.25, 0.3) is 0 Å². The van der Waals surface area contributed by atoms with Crippen LogP contribution in [0.3, 0.4) is 0 Å². The van der Waals surface area contributed by atoms with Gasteiger partial charge < -0.3 is 18.9 Å². The lowest BCUT2D eigenvalue weighted by Gasteiger charge is -2.20. The lowest BCUT2D eigenvalue weighted by molar-refractivity contribution is -0.135. The number of hydrazone groups is 1. The summed E-state index contributed by atoms with van der Waals surface area (Å²) >= 11 is 5.96. The lowest BCUT2D eigenvalue weighted by atomic mass is 10.1. The maximum atomic E-state index is 12.0. The quantitative estimate of drug-likeness (QED) is 0.729. The summed E-state index contributed by atoms with van der Waals surface area (Å²) < 4.78 is 22.2. The van der Waals surface area contributed by atoms with E-state index in [1.54, 1.807) is 44.6 Å². The zero-order valence-electron chi connectivity index (χ0n) is 16.1. The Morgan fingerprint density at radius 1 is 1.14 bits per heavy atom. The topological polar surface area (TPSA) is 69.6 Å². The Morgan fingerprint density at radius 3 is 2.50 bits per heavy atom. The van der Waals surface area contributed by atoms with Crippen LogP contribution in [0.4, 0.5) is 0 Å². The van der Waals surface area contributed by atoms with Crippen LogP contribution in [-0.4, -0.2) is 37.6 Å². The molecule has 1 aliphatic heterocycles. The van der Waals surface area contributed by atoms with Crippen LogP contribution in [0.1, 0.15) is 24.3 Å². The fraction of sp³-hybridized carbons (Fsp3) is 0.300. The minimum Gasteiger partial charge on any atom is -0.493 e. The summed E-state index contributed by atoms with van der Waals surface area (Å²) in [6.45, 7) is 3.40. The molecule has 0 aromatic heterocycles. The third kappa shape index (κ3) is 4.14. The summed E-state index contributed by atoms with van der Waals surface area (Å²) in [6, 6.07) is 10.6. The van der Waals surface area contributed by atoms with Gasteiger partial charge in [-0.3, -0.25) is 4.79 Å². The molecule has 1 atom stereocenters. The van der Waals surface area contributed by atoms with Gasteiger partial charge in [0, 0.05) is 17.5 Å². The molecule has 3 rings (SSSR count). The molecule has 0 N–H and O–H groups in total. The predicted octanol–water partition coefficient (Wildman–Crippen LogP) is 3.94. The molecule has 2 aromatic rings. The van der Waals surface area contributed by atoms with Crippen molar-refractivity contribution in [2.45, 2.75) is 20.1 Å². The highest BCUT2D eigenvalue weighted by Gasteiger charge is 2.33. The average Bonchev–Trinajstić information content (AvgIpc) is 3.11. The zero-order chi connectivity index (χ0) is 20.3. The van der Waals surface area contributed by atoms with Crippen molar-refractivity contribution in [1.29, 1.82) is 0 Å². The van der Waals surface area contributed by atoms with Gasteiger partial charge in [0.05, 0.1) is 14.2 Å². The Morgan fingerprint density at radius 2 is 1.86 bits per heavy atom. The highest BCUT2D eigenvalue weighted by atomic mass is 35.5. The number of benzene rings is 2. The van der Waals surface area contributed by atoms with Gasteiger partial charge in [-0.2, -0.15) is 5.01 Å². The summed E-state index contributed by atoms with van der Waals surface area (Å²) in [7, 11) is 3.10. The Labute approximate surface area is 168 Å². The molecule has 0 bridgehead atoms. The molecule has 0 spiro atoms. The molecule has 1 heterocycles. The predicted molar refractivity (Wildman–Crippen MR) is 105 cm³/mol. The van der Waals surface area contributed by atoms with Crippen LogP contribution in [0.5, 0.6) is 17.2 Å². The molecule has 2 aromatic carbocycles. The van der Waals surface area contributed by atoms with Crippen molar-refractivity contribution in [2.75, 3.05) is 20.8 Å². The van der Waals surface area contributed by atoms with Gasteiger partial charge in [-0.25, -0.2) is 0 Å². The zero-order valence-corrected chi connectivity index (χ0v) is 16.8. The van der Waals surface area contributed by atoms with Crippen molar-refractivity contribution in [3.8, 4) is 17.2 Å². The standard InChI is InChI=1S/C20H21ClN2O5/c1-12-9-15(21)6-8-16(12)27-11-19-22-23(13(2)24)20(28-19)14-5-7-17(25-3)18(10-14)26-4/h5-10,20H,11H2,1-4H3/t20-/m1/s1. The lowest BCUT2D eigenvalue weighted by Crippen LogP contribution is -2.25. The van der Waals surface area contributed by atoms with Crippen molar-refractivity contribution in [1.82, 2.24) is 5.01 Å². The highest BCUT2D eigenvalue weighted by molar-refractivity contribution is 6.30. The van der Waals surface area contributed by atoms with E-state index < -0.39 is 6.23 Å². The molecule has 0 saturated heterocycles. The Bertz CT molecular complexity index is 915. The SMILES string of the molecule is COc1ccc([C@H]2OC(COc3ccc(Cl)cc3C)=NN2C(C)=O)cc1OC. The molecule has 8 heteroatoms. The summed E-state index contributed by atoms with van der Waals surface area (Å²) in [5.41, 5.74) is 1.60. The van der Waals surface area contributed by atoms with Gasteiger partial charge in [0.25, 0.3) is 0 Å². The first-order chi connectivity index (χ1) is 13.4. The number of nitrogens with zero attached hydrogens (tertiary/aromatic N) is 2. The van der Waals surface area contributed by atoms with Crippen LogP contribution in [0.2, 0.25) is 5.02 Å². The molecule has 0 fully saturated rings. The van der Waals surface area contributed by atoms with E-state index in [1.165, 1.54) is 11.9 Å². The van der Waals surface area contributed by atoms with Crippen molar-refractivity contribution < 1.29 is 23.7 Å². The van der Waals surface area contributed by atoms with E-state index >= 15 is 0 Å². The third-order valence-electron chi connectivity index (χ3n) is 4.19. The number of methoxy groups -OCH3 is 2. The van der Waals surface area contributed by atoms with Crippen molar-refractivity contribution >= 4 is 23.4 Å². The van der Waals surface area contributed by atoms with Crippen LogP contribution in [0.15, 0.2) is 41.5 Å². The molecule has 0 aliphatic carbocycles. The Balaban J connectivity index is 1.77. The van der Waals surface area contributed by atoms with E-state index in [1.807, 2.05) is 13.0 Å². The Hall–Kier alpha value is -2.93. The van der Waals surface area contributed by atoms with E-state index in [4.69, 9.17) is 30.5 Å². The number of ether oxygens (including phenoxy) is 4. The first kappa shape index (κ1) is 19.8. The molecule has 1 amide bonds. The largest absolute Gasteiger partial charge is 0.493 e. The minimum absolute atomic E-state index is 0.0794. The summed E-state index contributed by atoms with van der Waals surface area (Å²) in [4.78, 5) is 12.0. The maximum Gasteiger partial charge on any atom is 0.247 e. The first-order valence-electron chi connectivity index (χ1n) is 8.57. The fourth-order valence-electron chi connectivity index (χ4n) is 2.80. The monoisotopic (exact) mass is 404 g/mol. The molecular weight excluding hydrogens is 384 g/mol. The summed E-state index contributed by atoms with van der Waals surface area (Å²) in [5.74, 6) is 1.83. The highest BCUT2D eigenvalue weighted by Crippen LogP contribution is 2.35. The van der Waals surface area contributed by atoms with Gasteiger partial charge in [-0.05, 0) is 48.9 Å². The smallest absolute Gasteiger partial charge is 0.247 e. The number of hydrogen-bond acceptors (Lipinski definition) is 6. The average molecular weight is 405 g/mol. The van der Waals surface area contributed by atoms with E-state index in [-0.39, 0.29) is 12.5 Å². The van der Waals surface area contributed by atoms with Gasteiger partial charge in [0.2, 0.25) is 18.0 Å². The van der Waals surface area contributed by atoms with Crippen molar-refractivity contribution in [3.05, 3.63) is 52.5 Å². The molecule has 28 heavy (non-hydrogen) atoms. The van der Waals surface area contributed by atoms with Gasteiger partial charge in [0.1, 0.15) is 5.75 Å². The van der Waals surface area contributed by atoms with Crippen molar-refractivity contribution in [2.24, 2.45) is 5.10 Å². The second kappa shape index (κ2) is 8.39. The van der Waals surface area contributed by atoms with Crippen LogP contribution >= 0.6 is 11.6 Å². The summed E-state index contributed by atoms with van der Waals surface area (Å²) in [5, 5.41) is 6.17. The first-order valence-corrected chi connectivity index (χ1v) is 8.95. The number of carbonyl (C=O) groups excluding carboxylic acids is 1. The number of carbonyl (C=O) groups is 1. The summed E-state index contributed by atoms with van der Waals surface area (Å²) in [6.07, 6.45) is -0.706. The number of halogens is 1. The van der Waals surface area contributed by atoms with E-state index in [9.17, 15) is 4.79 Å². The fourth-order valence-corrected chi connectivity index (χ4v) is 3.03. The number of hydrogen-bond donors (Lipinski definition) is 0. The molecule has 7 nitrogen and oxygen atoms in total. The van der Waals surface area contributed by atoms with Crippen LogP contribution in [-0.2, 0) is 9.53 Å². The molecule has 0 saturated carbocycles. The molecule has 1 aliphatic rings. The van der Waals surface area contributed by atoms with Gasteiger partial charge >= 0.3 is 0 Å². The van der Waals surface area contributed by atoms with E-state index in [2.05, 4.69) is 5.10 Å². The second-order valence-electron chi connectivity index (χ2n) is 6.14. The van der Waals surface area contributed by atoms with Crippen molar-refractivity contribution in [3.63, 3.8) is 0 Å².